The minimum Gasteiger partial charge on any atom is -0.462 e. The van der Waals surface area contributed by atoms with Gasteiger partial charge in [0.05, 0.1) is 0 Å². The van der Waals surface area contributed by atoms with Gasteiger partial charge in [-0.3, -0.25) is 14.4 Å². The fraction of sp³-hybridized carbons (Fsp3) is 0.942. The van der Waals surface area contributed by atoms with Gasteiger partial charge in [0.25, 0.3) is 0 Å². The van der Waals surface area contributed by atoms with Crippen LogP contribution in [-0.2, 0) is 28.6 Å². The Hall–Kier alpha value is -1.59. The second kappa shape index (κ2) is 44.9. The quantitative estimate of drug-likeness (QED) is 0.0346. The van der Waals surface area contributed by atoms with Crippen LogP contribution in [0.1, 0.15) is 285 Å². The van der Waals surface area contributed by atoms with Gasteiger partial charge in [0, 0.05) is 19.3 Å². The topological polar surface area (TPSA) is 78.9 Å². The summed E-state index contributed by atoms with van der Waals surface area (Å²) >= 11 is 0. The third-order valence-corrected chi connectivity index (χ3v) is 11.7. The number of ether oxygens (including phenoxy) is 3. The smallest absolute Gasteiger partial charge is 0.306 e. The van der Waals surface area contributed by atoms with E-state index < -0.39 is 6.10 Å². The number of esters is 3. The summed E-state index contributed by atoms with van der Waals surface area (Å²) in [4.78, 5) is 37.9. The molecule has 0 aromatic heterocycles. The van der Waals surface area contributed by atoms with Crippen molar-refractivity contribution in [1.82, 2.24) is 0 Å². The fourth-order valence-electron chi connectivity index (χ4n) is 7.81. The fourth-order valence-corrected chi connectivity index (χ4v) is 7.81. The number of carbonyl (C=O) groups excluding carboxylic acids is 3. The van der Waals surface area contributed by atoms with Crippen molar-refractivity contribution in [1.29, 1.82) is 0 Å². The van der Waals surface area contributed by atoms with Crippen LogP contribution in [0.15, 0.2) is 0 Å². The molecule has 0 saturated carbocycles. The molecule has 344 valence electrons. The average Bonchev–Trinajstić information content (AvgIpc) is 3.19. The summed E-state index contributed by atoms with van der Waals surface area (Å²) < 4.78 is 16.8. The molecule has 0 amide bonds. The number of unbranched alkanes of at least 4 members (excludes halogenated alkanes) is 31. The molecule has 0 aliphatic rings. The molecule has 0 aliphatic carbocycles. The zero-order chi connectivity index (χ0) is 42.6. The lowest BCUT2D eigenvalue weighted by Crippen LogP contribution is -2.30. The van der Waals surface area contributed by atoms with Crippen molar-refractivity contribution < 1.29 is 28.6 Å². The van der Waals surface area contributed by atoms with Crippen molar-refractivity contribution in [3.63, 3.8) is 0 Å². The molecule has 0 bridgehead atoms. The average molecular weight is 821 g/mol. The Morgan fingerprint density at radius 1 is 0.328 bits per heavy atom. The summed E-state index contributed by atoms with van der Waals surface area (Å²) in [6.45, 7) is 11.4. The first-order chi connectivity index (χ1) is 28.2. The van der Waals surface area contributed by atoms with Gasteiger partial charge in [-0.05, 0) is 31.1 Å². The summed E-state index contributed by atoms with van der Waals surface area (Å²) in [5.41, 5.74) is 0. The van der Waals surface area contributed by atoms with E-state index in [4.69, 9.17) is 14.2 Å². The summed E-state index contributed by atoms with van der Waals surface area (Å²) in [5.74, 6) is 0.816. The van der Waals surface area contributed by atoms with Gasteiger partial charge in [0.15, 0.2) is 6.10 Å². The normalized spacial score (nSPS) is 12.1. The van der Waals surface area contributed by atoms with Gasteiger partial charge in [0.2, 0.25) is 0 Å². The Balaban J connectivity index is 4.29. The molecule has 0 saturated heterocycles. The minimum absolute atomic E-state index is 0.0638. The predicted molar refractivity (Wildman–Crippen MR) is 247 cm³/mol. The van der Waals surface area contributed by atoms with Crippen molar-refractivity contribution in [3.8, 4) is 0 Å². The van der Waals surface area contributed by atoms with Crippen molar-refractivity contribution in [3.05, 3.63) is 0 Å². The van der Waals surface area contributed by atoms with Crippen LogP contribution in [0.4, 0.5) is 0 Å². The molecule has 0 aliphatic heterocycles. The monoisotopic (exact) mass is 821 g/mol. The number of hydrogen-bond acceptors (Lipinski definition) is 6. The van der Waals surface area contributed by atoms with E-state index in [0.717, 1.165) is 69.6 Å². The third-order valence-electron chi connectivity index (χ3n) is 11.7. The molecule has 0 radical (unpaired) electrons. The van der Waals surface area contributed by atoms with Crippen LogP contribution in [-0.4, -0.2) is 37.2 Å². The molecule has 0 spiro atoms. The highest BCUT2D eigenvalue weighted by Crippen LogP contribution is 2.17. The van der Waals surface area contributed by atoms with Crippen LogP contribution in [0.25, 0.3) is 0 Å². The first-order valence-corrected chi connectivity index (χ1v) is 25.7. The lowest BCUT2D eigenvalue weighted by atomic mass is 10.0. The van der Waals surface area contributed by atoms with Gasteiger partial charge in [-0.1, -0.05) is 247 Å². The van der Waals surface area contributed by atoms with E-state index in [-0.39, 0.29) is 31.1 Å². The summed E-state index contributed by atoms with van der Waals surface area (Å²) in [6, 6.07) is 0. The Morgan fingerprint density at radius 3 is 0.845 bits per heavy atom. The van der Waals surface area contributed by atoms with Gasteiger partial charge in [-0.15, -0.1) is 0 Å². The number of rotatable bonds is 46. The maximum atomic E-state index is 12.8. The molecule has 6 nitrogen and oxygen atoms in total. The van der Waals surface area contributed by atoms with E-state index in [9.17, 15) is 14.4 Å². The highest BCUT2D eigenvalue weighted by Gasteiger charge is 2.19. The number of hydrogen-bond donors (Lipinski definition) is 0. The third kappa shape index (κ3) is 45.5. The van der Waals surface area contributed by atoms with Crippen LogP contribution in [0.2, 0.25) is 0 Å². The molecule has 0 aromatic rings. The van der Waals surface area contributed by atoms with Crippen molar-refractivity contribution in [2.24, 2.45) is 11.8 Å². The molecule has 0 N–H and O–H groups in total. The lowest BCUT2D eigenvalue weighted by Gasteiger charge is -2.18. The Morgan fingerprint density at radius 2 is 0.569 bits per heavy atom. The van der Waals surface area contributed by atoms with E-state index >= 15 is 0 Å². The molecule has 0 rings (SSSR count). The lowest BCUT2D eigenvalue weighted by molar-refractivity contribution is -0.167. The Kier molecular flexibility index (Phi) is 43.7. The van der Waals surface area contributed by atoms with Crippen LogP contribution in [0.3, 0.4) is 0 Å². The molecule has 1 atom stereocenters. The van der Waals surface area contributed by atoms with Crippen LogP contribution >= 0.6 is 0 Å². The molecule has 6 heteroatoms. The molecule has 0 unspecified atom stereocenters. The summed E-state index contributed by atoms with van der Waals surface area (Å²) in [5, 5.41) is 0. The first-order valence-electron chi connectivity index (χ1n) is 25.7. The largest absolute Gasteiger partial charge is 0.462 e. The first kappa shape index (κ1) is 56.4. The van der Waals surface area contributed by atoms with Gasteiger partial charge < -0.3 is 14.2 Å². The Labute approximate surface area is 361 Å². The highest BCUT2D eigenvalue weighted by molar-refractivity contribution is 5.71. The van der Waals surface area contributed by atoms with Crippen molar-refractivity contribution in [2.45, 2.75) is 291 Å². The van der Waals surface area contributed by atoms with Gasteiger partial charge in [-0.25, -0.2) is 0 Å². The second-order valence-electron chi connectivity index (χ2n) is 18.8. The maximum absolute atomic E-state index is 12.8. The standard InChI is InChI=1S/C52H100O6/c1-6-7-8-9-10-11-22-27-32-37-42-50(53)56-45-49(46-57-51(54)43-38-33-28-23-19-15-17-21-26-31-36-41-48(4)5)58-52(55)44-39-34-29-24-18-14-12-13-16-20-25-30-35-40-47(2)3/h47-49H,6-46H2,1-5H3/t49-/m1/s1. The van der Waals surface area contributed by atoms with Crippen molar-refractivity contribution >= 4 is 17.9 Å². The van der Waals surface area contributed by atoms with Crippen LogP contribution in [0, 0.1) is 11.8 Å². The molecule has 0 heterocycles. The van der Waals surface area contributed by atoms with E-state index in [1.54, 1.807) is 0 Å². The van der Waals surface area contributed by atoms with Gasteiger partial charge in [0.1, 0.15) is 13.2 Å². The molecular weight excluding hydrogens is 721 g/mol. The Bertz CT molecular complexity index is 885. The van der Waals surface area contributed by atoms with Crippen LogP contribution < -0.4 is 0 Å². The summed E-state index contributed by atoms with van der Waals surface area (Å²) in [6.07, 6.45) is 45.1. The molecule has 58 heavy (non-hydrogen) atoms. The SMILES string of the molecule is CCCCCCCCCCCCC(=O)OC[C@H](COC(=O)CCCCCCCCCCCCCC(C)C)OC(=O)CCCCCCCCCCCCCCCC(C)C. The second-order valence-corrected chi connectivity index (χ2v) is 18.8. The molecule has 0 aromatic carbocycles. The summed E-state index contributed by atoms with van der Waals surface area (Å²) in [7, 11) is 0. The van der Waals surface area contributed by atoms with Gasteiger partial charge >= 0.3 is 17.9 Å². The molecule has 0 fully saturated rings. The highest BCUT2D eigenvalue weighted by atomic mass is 16.6. The zero-order valence-electron chi connectivity index (χ0n) is 39.7. The predicted octanol–water partition coefficient (Wildman–Crippen LogP) is 16.5. The maximum Gasteiger partial charge on any atom is 0.306 e. The van der Waals surface area contributed by atoms with E-state index in [0.29, 0.717) is 19.3 Å². The van der Waals surface area contributed by atoms with E-state index in [2.05, 4.69) is 34.6 Å². The van der Waals surface area contributed by atoms with Crippen molar-refractivity contribution in [2.75, 3.05) is 13.2 Å². The molecular formula is C52H100O6. The van der Waals surface area contributed by atoms with E-state index in [1.807, 2.05) is 0 Å². The number of carbonyl (C=O) groups is 3. The van der Waals surface area contributed by atoms with Gasteiger partial charge in [-0.2, -0.15) is 0 Å². The van der Waals surface area contributed by atoms with Crippen LogP contribution in [0.5, 0.6) is 0 Å². The zero-order valence-corrected chi connectivity index (χ0v) is 39.7. The minimum atomic E-state index is -0.761. The van der Waals surface area contributed by atoms with E-state index in [1.165, 1.54) is 173 Å².